The van der Waals surface area contributed by atoms with E-state index in [-0.39, 0.29) is 0 Å². The molecule has 0 bridgehead atoms. The van der Waals surface area contributed by atoms with Gasteiger partial charge in [-0.2, -0.15) is 0 Å². The number of hydrogen-bond acceptors (Lipinski definition) is 0. The standard InChI is InChI=1S/C13H10.C7H9.C5H5.Zr/c1-3-7-12(8-4-1)11-13-9-5-2-6-10-13;1-6-4-3-5-7(6)2;1-2-4-5-3-1;/h1-10H;4H,5H2,1-2H3;1-3H,4H2;. The number of benzene rings is 2. The van der Waals surface area contributed by atoms with Crippen molar-refractivity contribution in [3.8, 4) is 0 Å². The molecule has 0 fully saturated rings. The molecule has 2 aromatic carbocycles. The molecule has 0 heterocycles. The van der Waals surface area contributed by atoms with Gasteiger partial charge in [-0.1, -0.05) is 0 Å². The monoisotopic (exact) mass is 414 g/mol. The van der Waals surface area contributed by atoms with Gasteiger partial charge in [-0.05, 0) is 0 Å². The van der Waals surface area contributed by atoms with Gasteiger partial charge in [-0.3, -0.25) is 0 Å². The minimum absolute atomic E-state index is 1.13. The fourth-order valence-electron chi connectivity index (χ4n) is 3.85. The van der Waals surface area contributed by atoms with Crippen molar-refractivity contribution in [2.75, 3.05) is 0 Å². The van der Waals surface area contributed by atoms with E-state index >= 15 is 0 Å². The third-order valence-corrected chi connectivity index (χ3v) is 12.8. The van der Waals surface area contributed by atoms with Crippen molar-refractivity contribution in [1.82, 2.24) is 0 Å². The Kier molecular flexibility index (Phi) is 5.27. The van der Waals surface area contributed by atoms with Crippen LogP contribution in [0.5, 0.6) is 0 Å². The van der Waals surface area contributed by atoms with Crippen molar-refractivity contribution >= 4 is 3.21 Å². The van der Waals surface area contributed by atoms with Crippen molar-refractivity contribution in [2.24, 2.45) is 0 Å². The van der Waals surface area contributed by atoms with E-state index in [2.05, 4.69) is 98.8 Å². The molecule has 0 spiro atoms. The first-order valence-corrected chi connectivity index (χ1v) is 13.0. The molecule has 4 rings (SSSR count). The molecule has 0 N–H and O–H groups in total. The van der Waals surface area contributed by atoms with E-state index in [0.29, 0.717) is 0 Å². The van der Waals surface area contributed by atoms with Gasteiger partial charge in [0.25, 0.3) is 0 Å². The molecule has 128 valence electrons. The summed E-state index contributed by atoms with van der Waals surface area (Å²) in [6.45, 7) is 4.57. The molecule has 0 aromatic heterocycles. The van der Waals surface area contributed by atoms with Crippen LogP contribution in [0.3, 0.4) is 0 Å². The predicted molar refractivity (Wildman–Crippen MR) is 109 cm³/mol. The van der Waals surface area contributed by atoms with E-state index in [1.54, 1.807) is 15.3 Å². The summed E-state index contributed by atoms with van der Waals surface area (Å²) in [4.78, 5) is 0. The first-order chi connectivity index (χ1) is 12.7. The zero-order chi connectivity index (χ0) is 17.9. The Bertz CT molecular complexity index is 926. The summed E-state index contributed by atoms with van der Waals surface area (Å²) in [5.41, 5.74) is 5.84. The van der Waals surface area contributed by atoms with Crippen molar-refractivity contribution in [3.63, 3.8) is 0 Å². The molecular formula is C25H24Zr. The van der Waals surface area contributed by atoms with Crippen LogP contribution in [0.1, 0.15) is 37.8 Å². The maximum absolute atomic E-state index is 2.51. The van der Waals surface area contributed by atoms with Crippen LogP contribution >= 0.6 is 0 Å². The van der Waals surface area contributed by atoms with Crippen LogP contribution in [0.2, 0.25) is 0 Å². The van der Waals surface area contributed by atoms with Gasteiger partial charge in [-0.25, -0.2) is 0 Å². The molecule has 26 heavy (non-hydrogen) atoms. The van der Waals surface area contributed by atoms with E-state index in [0.717, 1.165) is 6.42 Å². The van der Waals surface area contributed by atoms with Gasteiger partial charge < -0.3 is 0 Å². The summed E-state index contributed by atoms with van der Waals surface area (Å²) >= 11 is -2.19. The second kappa shape index (κ2) is 7.81. The van der Waals surface area contributed by atoms with Crippen LogP contribution in [-0.2, 0) is 21.3 Å². The molecule has 0 radical (unpaired) electrons. The molecule has 0 nitrogen and oxygen atoms in total. The SMILES string of the molecule is CC1=C(C)C[C]([Zr]([C]2=CC=CC2)=[C](c2ccccc2)c2ccccc2)=C1. The van der Waals surface area contributed by atoms with E-state index in [4.69, 9.17) is 0 Å². The van der Waals surface area contributed by atoms with Crippen molar-refractivity contribution < 1.29 is 21.3 Å². The predicted octanol–water partition coefficient (Wildman–Crippen LogP) is 6.34. The molecule has 2 aliphatic carbocycles. The molecular weight excluding hydrogens is 391 g/mol. The van der Waals surface area contributed by atoms with E-state index in [9.17, 15) is 0 Å². The summed E-state index contributed by atoms with van der Waals surface area (Å²) in [5.74, 6) is 0. The summed E-state index contributed by atoms with van der Waals surface area (Å²) < 4.78 is 5.04. The molecule has 0 unspecified atom stereocenters. The van der Waals surface area contributed by atoms with Crippen LogP contribution in [0.25, 0.3) is 0 Å². The normalized spacial score (nSPS) is 15.9. The van der Waals surface area contributed by atoms with E-state index in [1.165, 1.54) is 23.1 Å². The van der Waals surface area contributed by atoms with Gasteiger partial charge in [0.15, 0.2) is 0 Å². The quantitative estimate of drug-likeness (QED) is 0.546. The second-order valence-electron chi connectivity index (χ2n) is 7.12. The van der Waals surface area contributed by atoms with Gasteiger partial charge >= 0.3 is 165 Å². The number of rotatable bonds is 4. The molecule has 0 atom stereocenters. The maximum atomic E-state index is 2.51. The van der Waals surface area contributed by atoms with E-state index in [1.807, 2.05) is 0 Å². The summed E-state index contributed by atoms with van der Waals surface area (Å²) in [5, 5.41) is 0. The van der Waals surface area contributed by atoms with Crippen LogP contribution < -0.4 is 0 Å². The Morgan fingerprint density at radius 2 is 1.42 bits per heavy atom. The summed E-state index contributed by atoms with van der Waals surface area (Å²) in [6.07, 6.45) is 11.8. The third-order valence-electron chi connectivity index (χ3n) is 5.31. The van der Waals surface area contributed by atoms with Gasteiger partial charge in [0.1, 0.15) is 0 Å². The van der Waals surface area contributed by atoms with E-state index < -0.39 is 21.3 Å². The van der Waals surface area contributed by atoms with Crippen LogP contribution in [-0.4, -0.2) is 3.21 Å². The zero-order valence-electron chi connectivity index (χ0n) is 15.5. The summed E-state index contributed by atoms with van der Waals surface area (Å²) in [7, 11) is 0. The van der Waals surface area contributed by atoms with Crippen LogP contribution in [0.15, 0.2) is 103 Å². The Balaban J connectivity index is 1.98. The molecule has 2 aliphatic rings. The van der Waals surface area contributed by atoms with Gasteiger partial charge in [0.2, 0.25) is 0 Å². The fraction of sp³-hybridized carbons (Fsp3) is 0.160. The Morgan fingerprint density at radius 1 is 0.808 bits per heavy atom. The molecule has 2 aromatic rings. The molecule has 0 amide bonds. The second-order valence-corrected chi connectivity index (χ2v) is 13.3. The first-order valence-electron chi connectivity index (χ1n) is 9.32. The molecule has 0 aliphatic heterocycles. The molecule has 0 saturated heterocycles. The Hall–Kier alpha value is -1.85. The van der Waals surface area contributed by atoms with Crippen molar-refractivity contribution in [2.45, 2.75) is 26.7 Å². The van der Waals surface area contributed by atoms with Gasteiger partial charge in [0, 0.05) is 0 Å². The molecule has 0 saturated carbocycles. The van der Waals surface area contributed by atoms with Crippen LogP contribution in [0.4, 0.5) is 0 Å². The van der Waals surface area contributed by atoms with Gasteiger partial charge in [-0.15, -0.1) is 0 Å². The van der Waals surface area contributed by atoms with Crippen molar-refractivity contribution in [1.29, 1.82) is 0 Å². The summed E-state index contributed by atoms with van der Waals surface area (Å²) in [6, 6.07) is 22.2. The minimum atomic E-state index is -2.19. The van der Waals surface area contributed by atoms with Crippen LogP contribution in [0, 0.1) is 0 Å². The van der Waals surface area contributed by atoms with Gasteiger partial charge in [0.05, 0.1) is 0 Å². The zero-order valence-corrected chi connectivity index (χ0v) is 18.0. The third kappa shape index (κ3) is 3.51. The van der Waals surface area contributed by atoms with Crippen molar-refractivity contribution in [3.05, 3.63) is 114 Å². The number of allylic oxidation sites excluding steroid dienone is 8. The fourth-order valence-corrected chi connectivity index (χ4v) is 12.1. The molecule has 1 heteroatoms. The first kappa shape index (κ1) is 17.6. The average molecular weight is 416 g/mol. The number of hydrogen-bond donors (Lipinski definition) is 0. The Morgan fingerprint density at radius 3 is 1.88 bits per heavy atom. The topological polar surface area (TPSA) is 0 Å². The Labute approximate surface area is 164 Å². The average Bonchev–Trinajstić information content (AvgIpc) is 3.31.